The van der Waals surface area contributed by atoms with Crippen molar-refractivity contribution in [2.75, 3.05) is 7.11 Å². The molecule has 84 valence electrons. The molecule has 0 radical (unpaired) electrons. The van der Waals surface area contributed by atoms with E-state index in [9.17, 15) is 9.90 Å². The molecule has 0 spiro atoms. The molecule has 0 saturated heterocycles. The van der Waals surface area contributed by atoms with E-state index in [-0.39, 0.29) is 11.3 Å². The van der Waals surface area contributed by atoms with Crippen molar-refractivity contribution in [3.8, 4) is 11.5 Å². The molecule has 1 aromatic carbocycles. The van der Waals surface area contributed by atoms with Crippen molar-refractivity contribution in [2.24, 2.45) is 0 Å². The smallest absolute Gasteiger partial charge is 0.342 e. The molecule has 0 aliphatic rings. The highest BCUT2D eigenvalue weighted by atomic mass is 16.5. The van der Waals surface area contributed by atoms with Gasteiger partial charge in [-0.25, -0.2) is 4.79 Å². The van der Waals surface area contributed by atoms with Crippen molar-refractivity contribution in [3.05, 3.63) is 33.7 Å². The third kappa shape index (κ3) is 1.43. The van der Waals surface area contributed by atoms with E-state index in [2.05, 4.69) is 0 Å². The third-order valence-corrected chi connectivity index (χ3v) is 2.62. The van der Waals surface area contributed by atoms with Gasteiger partial charge in [0.1, 0.15) is 17.1 Å². The Kier molecular flexibility index (Phi) is 2.34. The molecule has 4 heteroatoms. The van der Waals surface area contributed by atoms with Crippen LogP contribution in [0.3, 0.4) is 0 Å². The van der Waals surface area contributed by atoms with E-state index in [4.69, 9.17) is 9.15 Å². The lowest BCUT2D eigenvalue weighted by Crippen LogP contribution is -2.03. The van der Waals surface area contributed by atoms with E-state index in [1.54, 1.807) is 19.2 Å². The second kappa shape index (κ2) is 3.56. The predicted octanol–water partition coefficient (Wildman–Crippen LogP) is 2.12. The van der Waals surface area contributed by atoms with E-state index >= 15 is 0 Å². The van der Waals surface area contributed by atoms with Crippen molar-refractivity contribution in [1.82, 2.24) is 0 Å². The van der Waals surface area contributed by atoms with Gasteiger partial charge in [-0.05, 0) is 31.5 Å². The number of aryl methyl sites for hydroxylation is 1. The van der Waals surface area contributed by atoms with E-state index in [0.29, 0.717) is 16.7 Å². The van der Waals surface area contributed by atoms with Crippen molar-refractivity contribution in [1.29, 1.82) is 0 Å². The molecule has 0 amide bonds. The normalized spacial score (nSPS) is 10.7. The summed E-state index contributed by atoms with van der Waals surface area (Å²) in [5.74, 6) is 0.598. The Morgan fingerprint density at radius 3 is 2.62 bits per heavy atom. The van der Waals surface area contributed by atoms with E-state index in [0.717, 1.165) is 5.56 Å². The van der Waals surface area contributed by atoms with Crippen molar-refractivity contribution in [2.45, 2.75) is 13.8 Å². The summed E-state index contributed by atoms with van der Waals surface area (Å²) in [5, 5.41) is 10.3. The first-order valence-electron chi connectivity index (χ1n) is 4.85. The summed E-state index contributed by atoms with van der Waals surface area (Å²) < 4.78 is 10.2. The molecule has 1 N–H and O–H groups in total. The van der Waals surface area contributed by atoms with Crippen LogP contribution in [0.2, 0.25) is 0 Å². The molecule has 0 atom stereocenters. The van der Waals surface area contributed by atoms with Crippen LogP contribution in [0.5, 0.6) is 11.5 Å². The molecule has 0 aliphatic carbocycles. The van der Waals surface area contributed by atoms with Crippen LogP contribution in [0, 0.1) is 13.8 Å². The SMILES string of the molecule is COc1cc2c(O)c(C)c(=O)oc2cc1C. The van der Waals surface area contributed by atoms with E-state index in [1.807, 2.05) is 6.92 Å². The quantitative estimate of drug-likeness (QED) is 0.748. The third-order valence-electron chi connectivity index (χ3n) is 2.62. The molecule has 4 nitrogen and oxygen atoms in total. The van der Waals surface area contributed by atoms with E-state index in [1.165, 1.54) is 6.92 Å². The van der Waals surface area contributed by atoms with Gasteiger partial charge < -0.3 is 14.3 Å². The highest BCUT2D eigenvalue weighted by Gasteiger charge is 2.12. The van der Waals surface area contributed by atoms with Crippen molar-refractivity contribution >= 4 is 11.0 Å². The molecule has 0 saturated carbocycles. The Morgan fingerprint density at radius 1 is 1.31 bits per heavy atom. The van der Waals surface area contributed by atoms with Gasteiger partial charge in [0, 0.05) is 0 Å². The van der Waals surface area contributed by atoms with Crippen LogP contribution in [0.1, 0.15) is 11.1 Å². The largest absolute Gasteiger partial charge is 0.507 e. The Balaban J connectivity index is 2.92. The van der Waals surface area contributed by atoms with Gasteiger partial charge in [0.2, 0.25) is 0 Å². The first-order chi connectivity index (χ1) is 7.54. The number of rotatable bonds is 1. The predicted molar refractivity (Wildman–Crippen MR) is 60.2 cm³/mol. The van der Waals surface area contributed by atoms with Crippen molar-refractivity contribution < 1.29 is 14.3 Å². The zero-order valence-corrected chi connectivity index (χ0v) is 9.33. The second-order valence-electron chi connectivity index (χ2n) is 3.68. The maximum atomic E-state index is 11.4. The lowest BCUT2D eigenvalue weighted by atomic mass is 10.1. The fourth-order valence-corrected chi connectivity index (χ4v) is 1.63. The zero-order chi connectivity index (χ0) is 11.9. The lowest BCUT2D eigenvalue weighted by molar-refractivity contribution is 0.411. The minimum absolute atomic E-state index is 0.0513. The Morgan fingerprint density at radius 2 is 2.00 bits per heavy atom. The topological polar surface area (TPSA) is 59.7 Å². The van der Waals surface area contributed by atoms with Gasteiger partial charge in [-0.1, -0.05) is 0 Å². The van der Waals surface area contributed by atoms with Crippen LogP contribution >= 0.6 is 0 Å². The first kappa shape index (κ1) is 10.5. The molecule has 2 rings (SSSR count). The molecule has 0 unspecified atom stereocenters. The van der Waals surface area contributed by atoms with Gasteiger partial charge >= 0.3 is 5.63 Å². The summed E-state index contributed by atoms with van der Waals surface area (Å²) in [7, 11) is 1.55. The summed E-state index contributed by atoms with van der Waals surface area (Å²) in [6.45, 7) is 3.36. The van der Waals surface area contributed by atoms with Gasteiger partial charge in [0.15, 0.2) is 0 Å². The van der Waals surface area contributed by atoms with Crippen molar-refractivity contribution in [3.63, 3.8) is 0 Å². The number of ether oxygens (including phenoxy) is 1. The van der Waals surface area contributed by atoms with Crippen LogP contribution in [0.4, 0.5) is 0 Å². The molecule has 0 aliphatic heterocycles. The standard InChI is InChI=1S/C12H12O4/c1-6-4-10-8(5-9(6)15-3)11(13)7(2)12(14)16-10/h4-5,13H,1-3H3. The average molecular weight is 220 g/mol. The summed E-state index contributed by atoms with van der Waals surface area (Å²) in [5.41, 5.74) is 0.903. The fourth-order valence-electron chi connectivity index (χ4n) is 1.63. The summed E-state index contributed by atoms with van der Waals surface area (Å²) in [6, 6.07) is 3.34. The molecule has 2 aromatic rings. The molecule has 0 bridgehead atoms. The van der Waals surface area contributed by atoms with Crippen LogP contribution in [-0.4, -0.2) is 12.2 Å². The first-order valence-corrected chi connectivity index (χ1v) is 4.85. The number of hydrogen-bond acceptors (Lipinski definition) is 4. The second-order valence-corrected chi connectivity index (χ2v) is 3.68. The number of methoxy groups -OCH3 is 1. The Bertz CT molecular complexity index is 610. The van der Waals surface area contributed by atoms with Crippen LogP contribution < -0.4 is 10.4 Å². The molecular weight excluding hydrogens is 208 g/mol. The van der Waals surface area contributed by atoms with Gasteiger partial charge in [-0.3, -0.25) is 0 Å². The zero-order valence-electron chi connectivity index (χ0n) is 9.33. The number of hydrogen-bond donors (Lipinski definition) is 1. The summed E-state index contributed by atoms with van der Waals surface area (Å²) in [4.78, 5) is 11.4. The monoisotopic (exact) mass is 220 g/mol. The number of fused-ring (bicyclic) bond motifs is 1. The maximum absolute atomic E-state index is 11.4. The lowest BCUT2D eigenvalue weighted by Gasteiger charge is -2.07. The van der Waals surface area contributed by atoms with Crippen LogP contribution in [0.25, 0.3) is 11.0 Å². The fraction of sp³-hybridized carbons (Fsp3) is 0.250. The molecule has 16 heavy (non-hydrogen) atoms. The summed E-state index contributed by atoms with van der Waals surface area (Å²) >= 11 is 0. The highest BCUT2D eigenvalue weighted by Crippen LogP contribution is 2.31. The molecule has 1 heterocycles. The Labute approximate surface area is 92.1 Å². The van der Waals surface area contributed by atoms with Crippen LogP contribution in [-0.2, 0) is 0 Å². The van der Waals surface area contributed by atoms with Gasteiger partial charge in [0.25, 0.3) is 0 Å². The highest BCUT2D eigenvalue weighted by molar-refractivity contribution is 5.86. The van der Waals surface area contributed by atoms with Gasteiger partial charge in [0.05, 0.1) is 18.1 Å². The summed E-state index contributed by atoms with van der Waals surface area (Å²) in [6.07, 6.45) is 0. The van der Waals surface area contributed by atoms with Crippen LogP contribution in [0.15, 0.2) is 21.3 Å². The molecular formula is C12H12O4. The van der Waals surface area contributed by atoms with Gasteiger partial charge in [-0.15, -0.1) is 0 Å². The number of benzene rings is 1. The minimum atomic E-state index is -0.519. The number of aromatic hydroxyl groups is 1. The minimum Gasteiger partial charge on any atom is -0.507 e. The maximum Gasteiger partial charge on any atom is 0.342 e. The molecule has 0 fully saturated rings. The Hall–Kier alpha value is -1.97. The average Bonchev–Trinajstić information content (AvgIpc) is 2.26. The van der Waals surface area contributed by atoms with Gasteiger partial charge in [-0.2, -0.15) is 0 Å². The molecule has 1 aromatic heterocycles. The van der Waals surface area contributed by atoms with E-state index < -0.39 is 5.63 Å².